The van der Waals surface area contributed by atoms with E-state index in [4.69, 9.17) is 0 Å². The number of fused-ring (bicyclic) bond motifs is 3. The van der Waals surface area contributed by atoms with Crippen LogP contribution >= 0.6 is 0 Å². The Hall–Kier alpha value is -1.31. The number of aromatic nitrogens is 1. The minimum Gasteiger partial charge on any atom is -0.344 e. The third-order valence-corrected chi connectivity index (χ3v) is 3.21. The van der Waals surface area contributed by atoms with Crippen molar-refractivity contribution >= 4 is 10.9 Å². The lowest BCUT2D eigenvalue weighted by molar-refractivity contribution is 0.629. The van der Waals surface area contributed by atoms with Gasteiger partial charge in [-0.25, -0.2) is 4.39 Å². The van der Waals surface area contributed by atoms with E-state index in [0.29, 0.717) is 0 Å². The van der Waals surface area contributed by atoms with Crippen LogP contribution in [0.5, 0.6) is 0 Å². The van der Waals surface area contributed by atoms with Crippen molar-refractivity contribution in [2.24, 2.45) is 0 Å². The Balaban J connectivity index is 0.000000457. The molecule has 0 bridgehead atoms. The second-order valence-corrected chi connectivity index (χ2v) is 3.99. The molecule has 1 aliphatic heterocycles. The highest BCUT2D eigenvalue weighted by Crippen LogP contribution is 2.30. The summed E-state index contributed by atoms with van der Waals surface area (Å²) in [7, 11) is 0. The molecule has 86 valence electrons. The number of aryl methyl sites for hydroxylation is 2. The molecule has 0 amide bonds. The minimum atomic E-state index is -0.134. The highest BCUT2D eigenvalue weighted by molar-refractivity contribution is 5.85. The van der Waals surface area contributed by atoms with Gasteiger partial charge in [0, 0.05) is 23.1 Å². The van der Waals surface area contributed by atoms with E-state index in [-0.39, 0.29) is 5.82 Å². The molecule has 16 heavy (non-hydrogen) atoms. The van der Waals surface area contributed by atoms with Crippen LogP contribution in [0.3, 0.4) is 0 Å². The van der Waals surface area contributed by atoms with Gasteiger partial charge in [0.2, 0.25) is 0 Å². The minimum absolute atomic E-state index is 0.134. The molecule has 1 nitrogen and oxygen atoms in total. The zero-order valence-electron chi connectivity index (χ0n) is 10.2. The van der Waals surface area contributed by atoms with Crippen LogP contribution in [0.1, 0.15) is 31.5 Å². The van der Waals surface area contributed by atoms with Gasteiger partial charge >= 0.3 is 0 Å². The van der Waals surface area contributed by atoms with Crippen molar-refractivity contribution in [3.8, 4) is 0 Å². The molecule has 2 aromatic rings. The number of halogens is 1. The van der Waals surface area contributed by atoms with Crippen LogP contribution in [0.25, 0.3) is 10.9 Å². The zero-order chi connectivity index (χ0) is 11.7. The van der Waals surface area contributed by atoms with E-state index in [0.717, 1.165) is 18.4 Å². The van der Waals surface area contributed by atoms with Crippen LogP contribution in [-0.4, -0.2) is 4.57 Å². The van der Waals surface area contributed by atoms with Crippen molar-refractivity contribution in [3.63, 3.8) is 0 Å². The summed E-state index contributed by atoms with van der Waals surface area (Å²) in [5, 5.41) is 1.08. The second kappa shape index (κ2) is 4.28. The highest BCUT2D eigenvalue weighted by atomic mass is 19.1. The average Bonchev–Trinajstić information content (AvgIpc) is 2.87. The van der Waals surface area contributed by atoms with E-state index in [1.54, 1.807) is 12.1 Å². The van der Waals surface area contributed by atoms with Gasteiger partial charge in [0.05, 0.1) is 0 Å². The summed E-state index contributed by atoms with van der Waals surface area (Å²) in [6.07, 6.45) is 2.37. The standard InChI is InChI=1S/C12H12FN.C2H6/c1-8-10-7-9(13)4-5-12(10)14-6-2-3-11(8)14;1-2/h4-5,7H,2-3,6H2,1H3;1-2H3. The van der Waals surface area contributed by atoms with E-state index < -0.39 is 0 Å². The maximum absolute atomic E-state index is 13.1. The molecule has 1 aliphatic rings. The Morgan fingerprint density at radius 1 is 1.25 bits per heavy atom. The lowest BCUT2D eigenvalue weighted by Crippen LogP contribution is -1.90. The summed E-state index contributed by atoms with van der Waals surface area (Å²) < 4.78 is 15.4. The molecule has 0 aliphatic carbocycles. The third kappa shape index (κ3) is 1.53. The highest BCUT2D eigenvalue weighted by Gasteiger charge is 2.18. The van der Waals surface area contributed by atoms with Crippen molar-refractivity contribution in [3.05, 3.63) is 35.3 Å². The lowest BCUT2D eigenvalue weighted by atomic mass is 10.1. The van der Waals surface area contributed by atoms with E-state index in [1.165, 1.54) is 23.2 Å². The number of nitrogens with zero attached hydrogens (tertiary/aromatic N) is 1. The van der Waals surface area contributed by atoms with Crippen LogP contribution in [0, 0.1) is 12.7 Å². The molecular weight excluding hydrogens is 201 g/mol. The van der Waals surface area contributed by atoms with Crippen LogP contribution in [-0.2, 0) is 13.0 Å². The summed E-state index contributed by atoms with van der Waals surface area (Å²) >= 11 is 0. The van der Waals surface area contributed by atoms with Gasteiger partial charge in [-0.05, 0) is 43.5 Å². The SMILES string of the molecule is CC.Cc1c2n(c3ccc(F)cc13)CCC2. The van der Waals surface area contributed by atoms with Gasteiger partial charge in [0.1, 0.15) is 5.82 Å². The van der Waals surface area contributed by atoms with Gasteiger partial charge < -0.3 is 4.57 Å². The topological polar surface area (TPSA) is 4.93 Å². The van der Waals surface area contributed by atoms with Crippen LogP contribution < -0.4 is 0 Å². The smallest absolute Gasteiger partial charge is 0.123 e. The van der Waals surface area contributed by atoms with E-state index in [2.05, 4.69) is 11.5 Å². The molecule has 1 aromatic carbocycles. The molecule has 0 atom stereocenters. The first-order valence-corrected chi connectivity index (χ1v) is 6.04. The summed E-state index contributed by atoms with van der Waals surface area (Å²) in [6, 6.07) is 5.09. The maximum Gasteiger partial charge on any atom is 0.123 e. The Morgan fingerprint density at radius 2 is 2.00 bits per heavy atom. The van der Waals surface area contributed by atoms with Crippen molar-refractivity contribution < 1.29 is 4.39 Å². The van der Waals surface area contributed by atoms with Crippen molar-refractivity contribution in [2.75, 3.05) is 0 Å². The molecule has 1 aromatic heterocycles. The fraction of sp³-hybridized carbons (Fsp3) is 0.429. The molecule has 3 rings (SSSR count). The number of rotatable bonds is 0. The van der Waals surface area contributed by atoms with E-state index in [9.17, 15) is 4.39 Å². The molecule has 0 unspecified atom stereocenters. The van der Waals surface area contributed by atoms with Gasteiger partial charge in [-0.3, -0.25) is 0 Å². The fourth-order valence-electron chi connectivity index (χ4n) is 2.53. The predicted molar refractivity (Wildman–Crippen MR) is 66.3 cm³/mol. The number of hydrogen-bond acceptors (Lipinski definition) is 0. The first-order chi connectivity index (χ1) is 7.77. The quantitative estimate of drug-likeness (QED) is 0.629. The predicted octanol–water partition coefficient (Wildman–Crippen LogP) is 4.06. The molecule has 0 fully saturated rings. The van der Waals surface area contributed by atoms with Crippen LogP contribution in [0.15, 0.2) is 18.2 Å². The molecule has 0 saturated heterocycles. The first-order valence-electron chi connectivity index (χ1n) is 6.04. The number of benzene rings is 1. The molecule has 2 heterocycles. The molecule has 0 spiro atoms. The molecule has 0 radical (unpaired) electrons. The summed E-state index contributed by atoms with van der Waals surface area (Å²) in [6.45, 7) is 7.18. The summed E-state index contributed by atoms with van der Waals surface area (Å²) in [5.41, 5.74) is 3.85. The van der Waals surface area contributed by atoms with E-state index in [1.807, 2.05) is 19.9 Å². The summed E-state index contributed by atoms with van der Waals surface area (Å²) in [5.74, 6) is -0.134. The Labute approximate surface area is 95.9 Å². The normalized spacial score (nSPS) is 13.5. The Bertz CT molecular complexity index is 511. The van der Waals surface area contributed by atoms with Gasteiger partial charge in [0.25, 0.3) is 0 Å². The van der Waals surface area contributed by atoms with Gasteiger partial charge in [-0.1, -0.05) is 13.8 Å². The Kier molecular flexibility index (Phi) is 2.99. The zero-order valence-corrected chi connectivity index (χ0v) is 10.2. The lowest BCUT2D eigenvalue weighted by Gasteiger charge is -1.98. The molecule has 0 saturated carbocycles. The van der Waals surface area contributed by atoms with Crippen molar-refractivity contribution in [2.45, 2.75) is 40.2 Å². The van der Waals surface area contributed by atoms with Crippen molar-refractivity contribution in [1.82, 2.24) is 4.57 Å². The first kappa shape index (κ1) is 11.2. The third-order valence-electron chi connectivity index (χ3n) is 3.21. The largest absolute Gasteiger partial charge is 0.344 e. The van der Waals surface area contributed by atoms with Gasteiger partial charge in [-0.2, -0.15) is 0 Å². The molecular formula is C14H18FN. The monoisotopic (exact) mass is 219 g/mol. The van der Waals surface area contributed by atoms with Crippen LogP contribution in [0.4, 0.5) is 4.39 Å². The fourth-order valence-corrected chi connectivity index (χ4v) is 2.53. The molecule has 2 heteroatoms. The second-order valence-electron chi connectivity index (χ2n) is 3.99. The van der Waals surface area contributed by atoms with Crippen LogP contribution in [0.2, 0.25) is 0 Å². The van der Waals surface area contributed by atoms with E-state index >= 15 is 0 Å². The summed E-state index contributed by atoms with van der Waals surface area (Å²) in [4.78, 5) is 0. The Morgan fingerprint density at radius 3 is 2.75 bits per heavy atom. The number of hydrogen-bond donors (Lipinski definition) is 0. The van der Waals surface area contributed by atoms with Crippen molar-refractivity contribution in [1.29, 1.82) is 0 Å². The van der Waals surface area contributed by atoms with Gasteiger partial charge in [0.15, 0.2) is 0 Å². The maximum atomic E-state index is 13.1. The molecule has 0 N–H and O–H groups in total. The average molecular weight is 219 g/mol. The van der Waals surface area contributed by atoms with Gasteiger partial charge in [-0.15, -0.1) is 0 Å².